The van der Waals surface area contributed by atoms with E-state index in [-0.39, 0.29) is 17.6 Å². The van der Waals surface area contributed by atoms with E-state index in [9.17, 15) is 9.90 Å². The average molecular weight is 406 g/mol. The van der Waals surface area contributed by atoms with E-state index in [1.807, 2.05) is 44.2 Å². The van der Waals surface area contributed by atoms with Crippen molar-refractivity contribution in [3.05, 3.63) is 65.0 Å². The number of aromatic amines is 1. The second-order valence-electron chi connectivity index (χ2n) is 7.65. The summed E-state index contributed by atoms with van der Waals surface area (Å²) in [7, 11) is 0. The predicted molar refractivity (Wildman–Crippen MR) is 116 cm³/mol. The van der Waals surface area contributed by atoms with Crippen LogP contribution in [0, 0.1) is 13.8 Å². The zero-order valence-electron chi connectivity index (χ0n) is 16.2. The maximum atomic E-state index is 13.4. The third kappa shape index (κ3) is 2.69. The first kappa shape index (κ1) is 18.0. The molecule has 4 aromatic rings. The molecular weight excluding hydrogens is 386 g/mol. The van der Waals surface area contributed by atoms with E-state index in [2.05, 4.69) is 9.97 Å². The normalized spacial score (nSPS) is 16.0. The standard InChI is InChI=1S/C23H20ClN3O2/c1-12-4-3-5-16-20(28)9-19-22(21(12)16)15(10-24)11-27(19)23(29)14-6-7-17-18(8-14)26-13(2)25-17/h3-9,15,28H,10-11H2,1-2H3,(H,25,26)/t15-/m1/s1. The lowest BCUT2D eigenvalue weighted by Gasteiger charge is -2.19. The molecule has 1 aliphatic rings. The monoisotopic (exact) mass is 405 g/mol. The number of hydrogen-bond acceptors (Lipinski definition) is 3. The number of phenols is 1. The summed E-state index contributed by atoms with van der Waals surface area (Å²) in [5.74, 6) is 1.28. The molecule has 146 valence electrons. The zero-order chi connectivity index (χ0) is 20.3. The van der Waals surface area contributed by atoms with E-state index in [4.69, 9.17) is 11.6 Å². The van der Waals surface area contributed by atoms with Gasteiger partial charge in [0.15, 0.2) is 0 Å². The van der Waals surface area contributed by atoms with Gasteiger partial charge in [0.25, 0.3) is 5.91 Å². The molecule has 1 aromatic heterocycles. The first-order chi connectivity index (χ1) is 14.0. The number of aromatic nitrogens is 2. The van der Waals surface area contributed by atoms with Gasteiger partial charge < -0.3 is 15.0 Å². The Morgan fingerprint density at radius 3 is 2.90 bits per heavy atom. The van der Waals surface area contributed by atoms with Crippen molar-refractivity contribution in [2.24, 2.45) is 0 Å². The Balaban J connectivity index is 1.67. The molecule has 1 aliphatic heterocycles. The van der Waals surface area contributed by atoms with Crippen molar-refractivity contribution < 1.29 is 9.90 Å². The van der Waals surface area contributed by atoms with Crippen molar-refractivity contribution in [3.63, 3.8) is 0 Å². The summed E-state index contributed by atoms with van der Waals surface area (Å²) in [6.07, 6.45) is 0. The van der Waals surface area contributed by atoms with Gasteiger partial charge in [0.1, 0.15) is 11.6 Å². The number of imidazole rings is 1. The van der Waals surface area contributed by atoms with Crippen LogP contribution in [-0.2, 0) is 0 Å². The van der Waals surface area contributed by atoms with Gasteiger partial charge in [0, 0.05) is 35.4 Å². The van der Waals surface area contributed by atoms with Crippen LogP contribution in [0.3, 0.4) is 0 Å². The number of amides is 1. The first-order valence-corrected chi connectivity index (χ1v) is 10.1. The van der Waals surface area contributed by atoms with E-state index in [0.29, 0.717) is 18.0 Å². The van der Waals surface area contributed by atoms with Crippen LogP contribution < -0.4 is 4.90 Å². The van der Waals surface area contributed by atoms with Gasteiger partial charge in [-0.1, -0.05) is 18.2 Å². The van der Waals surface area contributed by atoms with Gasteiger partial charge in [-0.25, -0.2) is 4.98 Å². The smallest absolute Gasteiger partial charge is 0.258 e. The lowest BCUT2D eigenvalue weighted by atomic mass is 9.92. The summed E-state index contributed by atoms with van der Waals surface area (Å²) in [4.78, 5) is 22.8. The molecule has 0 aliphatic carbocycles. The molecule has 5 nitrogen and oxygen atoms in total. The SMILES string of the molecule is Cc1nc2cc(C(=O)N3C[C@@H](CCl)c4c3cc(O)c3cccc(C)c43)ccc2[nH]1. The molecule has 2 heterocycles. The van der Waals surface area contributed by atoms with Crippen molar-refractivity contribution in [1.29, 1.82) is 0 Å². The van der Waals surface area contributed by atoms with Gasteiger partial charge >= 0.3 is 0 Å². The van der Waals surface area contributed by atoms with Crippen molar-refractivity contribution in [2.75, 3.05) is 17.3 Å². The highest BCUT2D eigenvalue weighted by atomic mass is 35.5. The van der Waals surface area contributed by atoms with Gasteiger partial charge in [-0.05, 0) is 48.6 Å². The molecule has 0 saturated carbocycles. The number of benzene rings is 3. The number of alkyl halides is 1. The molecule has 6 heteroatoms. The number of halogens is 1. The Bertz CT molecular complexity index is 1290. The van der Waals surface area contributed by atoms with Gasteiger partial charge in [-0.3, -0.25) is 4.79 Å². The fraction of sp³-hybridized carbons (Fsp3) is 0.217. The second kappa shape index (κ2) is 6.49. The van der Waals surface area contributed by atoms with Crippen molar-refractivity contribution in [2.45, 2.75) is 19.8 Å². The predicted octanol–water partition coefficient (Wildman–Crippen LogP) is 5.02. The molecule has 0 bridgehead atoms. The summed E-state index contributed by atoms with van der Waals surface area (Å²) in [6, 6.07) is 13.0. The lowest BCUT2D eigenvalue weighted by molar-refractivity contribution is 0.0988. The number of rotatable bonds is 2. The van der Waals surface area contributed by atoms with Crippen molar-refractivity contribution in [3.8, 4) is 5.75 Å². The average Bonchev–Trinajstić information content (AvgIpc) is 3.26. The summed E-state index contributed by atoms with van der Waals surface area (Å²) in [5.41, 5.74) is 5.06. The van der Waals surface area contributed by atoms with E-state index < -0.39 is 0 Å². The number of nitrogens with one attached hydrogen (secondary N) is 1. The third-order valence-electron chi connectivity index (χ3n) is 5.75. The van der Waals surface area contributed by atoms with Crippen molar-refractivity contribution in [1.82, 2.24) is 9.97 Å². The lowest BCUT2D eigenvalue weighted by Crippen LogP contribution is -2.30. The molecule has 1 atom stereocenters. The maximum Gasteiger partial charge on any atom is 0.258 e. The summed E-state index contributed by atoms with van der Waals surface area (Å²) >= 11 is 6.31. The molecule has 0 unspecified atom stereocenters. The molecular formula is C23H20ClN3O2. The minimum absolute atomic E-state index is 0.0103. The minimum atomic E-state index is -0.117. The van der Waals surface area contributed by atoms with Gasteiger partial charge in [0.2, 0.25) is 0 Å². The van der Waals surface area contributed by atoms with Crippen LogP contribution in [0.1, 0.15) is 33.2 Å². The number of carbonyl (C=O) groups excluding carboxylic acids is 1. The molecule has 2 N–H and O–H groups in total. The second-order valence-corrected chi connectivity index (χ2v) is 7.96. The van der Waals surface area contributed by atoms with Crippen LogP contribution in [0.2, 0.25) is 0 Å². The third-order valence-corrected chi connectivity index (χ3v) is 6.12. The van der Waals surface area contributed by atoms with E-state index >= 15 is 0 Å². The number of anilines is 1. The molecule has 3 aromatic carbocycles. The number of carbonyl (C=O) groups is 1. The largest absolute Gasteiger partial charge is 0.507 e. The van der Waals surface area contributed by atoms with Crippen LogP contribution in [-0.4, -0.2) is 33.4 Å². The number of fused-ring (bicyclic) bond motifs is 4. The molecule has 1 amide bonds. The number of hydrogen-bond donors (Lipinski definition) is 2. The molecule has 0 saturated heterocycles. The number of phenolic OH excluding ortho intramolecular Hbond substituents is 1. The number of aromatic hydroxyl groups is 1. The fourth-order valence-electron chi connectivity index (χ4n) is 4.44. The summed E-state index contributed by atoms with van der Waals surface area (Å²) in [6.45, 7) is 4.40. The zero-order valence-corrected chi connectivity index (χ0v) is 16.9. The van der Waals surface area contributed by atoms with Crippen LogP contribution in [0.4, 0.5) is 5.69 Å². The molecule has 5 rings (SSSR count). The first-order valence-electron chi connectivity index (χ1n) is 9.57. The fourth-order valence-corrected chi connectivity index (χ4v) is 4.69. The van der Waals surface area contributed by atoms with Crippen molar-refractivity contribution >= 4 is 45.0 Å². The highest BCUT2D eigenvalue weighted by Gasteiger charge is 2.35. The number of aryl methyl sites for hydroxylation is 2. The highest BCUT2D eigenvalue weighted by molar-refractivity contribution is 6.19. The van der Waals surface area contributed by atoms with Crippen LogP contribution in [0.5, 0.6) is 5.75 Å². The van der Waals surface area contributed by atoms with Gasteiger partial charge in [0.05, 0.1) is 16.7 Å². The topological polar surface area (TPSA) is 69.2 Å². The highest BCUT2D eigenvalue weighted by Crippen LogP contribution is 2.46. The van der Waals surface area contributed by atoms with E-state index in [1.54, 1.807) is 17.0 Å². The molecule has 0 radical (unpaired) electrons. The van der Waals surface area contributed by atoms with Crippen LogP contribution in [0.25, 0.3) is 21.8 Å². The molecule has 29 heavy (non-hydrogen) atoms. The molecule has 0 spiro atoms. The Morgan fingerprint density at radius 1 is 1.28 bits per heavy atom. The van der Waals surface area contributed by atoms with E-state index in [1.165, 1.54) is 0 Å². The maximum absolute atomic E-state index is 13.4. The van der Waals surface area contributed by atoms with Crippen LogP contribution in [0.15, 0.2) is 42.5 Å². The summed E-state index contributed by atoms with van der Waals surface area (Å²) < 4.78 is 0. The molecule has 0 fully saturated rings. The van der Waals surface area contributed by atoms with Gasteiger partial charge in [-0.15, -0.1) is 11.6 Å². The Morgan fingerprint density at radius 2 is 2.10 bits per heavy atom. The van der Waals surface area contributed by atoms with Gasteiger partial charge in [-0.2, -0.15) is 0 Å². The Hall–Kier alpha value is -3.05. The summed E-state index contributed by atoms with van der Waals surface area (Å²) in [5, 5.41) is 12.4. The van der Waals surface area contributed by atoms with E-state index in [0.717, 1.165) is 44.4 Å². The Labute approximate surface area is 172 Å². The number of nitrogens with zero attached hydrogens (tertiary/aromatic N) is 2. The Kier molecular flexibility index (Phi) is 4.03. The number of H-pyrrole nitrogens is 1. The van der Waals surface area contributed by atoms with Crippen LogP contribution >= 0.6 is 11.6 Å². The minimum Gasteiger partial charge on any atom is -0.507 e. The quantitative estimate of drug-likeness (QED) is 0.460.